The van der Waals surface area contributed by atoms with Crippen LogP contribution in [-0.2, 0) is 0 Å². The number of nitrogens with two attached hydrogens (primary N) is 1. The van der Waals surface area contributed by atoms with Gasteiger partial charge in [0.15, 0.2) is 0 Å². The zero-order valence-electron chi connectivity index (χ0n) is 8.31. The maximum Gasteiger partial charge on any atom is 0.429 e. The van der Waals surface area contributed by atoms with Crippen molar-refractivity contribution in [2.24, 2.45) is 10.7 Å². The van der Waals surface area contributed by atoms with Crippen molar-refractivity contribution in [1.82, 2.24) is 0 Å². The highest BCUT2D eigenvalue weighted by Gasteiger charge is 2.39. The van der Waals surface area contributed by atoms with Crippen LogP contribution in [0.3, 0.4) is 0 Å². The van der Waals surface area contributed by atoms with Crippen LogP contribution in [-0.4, -0.2) is 17.9 Å². The van der Waals surface area contributed by atoms with Crippen molar-refractivity contribution in [3.8, 4) is 0 Å². The van der Waals surface area contributed by atoms with Crippen molar-refractivity contribution in [2.75, 3.05) is 0 Å². The predicted octanol–water partition coefficient (Wildman–Crippen LogP) is 2.89. The highest BCUT2D eigenvalue weighted by atomic mass is 35.5. The van der Waals surface area contributed by atoms with E-state index in [0.29, 0.717) is 29.1 Å². The highest BCUT2D eigenvalue weighted by Crippen LogP contribution is 2.35. The standard InChI is InChI=1S/C10H10ClF3N2/c11-5-1-2-8-6(3-5)7(15)4-9(16-8)10(12,13)14/h3,7H,1-2,4,15H2. The third kappa shape index (κ3) is 2.15. The lowest BCUT2D eigenvalue weighted by Crippen LogP contribution is -2.36. The van der Waals surface area contributed by atoms with Gasteiger partial charge in [0, 0.05) is 23.2 Å². The molecule has 0 fully saturated rings. The topological polar surface area (TPSA) is 38.4 Å². The smallest absolute Gasteiger partial charge is 0.324 e. The van der Waals surface area contributed by atoms with Crippen LogP contribution in [0.4, 0.5) is 13.2 Å². The molecule has 2 nitrogen and oxygen atoms in total. The fourth-order valence-electron chi connectivity index (χ4n) is 1.85. The number of hydrogen-bond donors (Lipinski definition) is 1. The third-order valence-electron chi connectivity index (χ3n) is 2.66. The van der Waals surface area contributed by atoms with Crippen LogP contribution in [0.2, 0.25) is 0 Å². The Kier molecular flexibility index (Phi) is 2.84. The highest BCUT2D eigenvalue weighted by molar-refractivity contribution is 6.29. The number of allylic oxidation sites excluding steroid dienone is 2. The Hall–Kier alpha value is -0.810. The summed E-state index contributed by atoms with van der Waals surface area (Å²) >= 11 is 5.83. The van der Waals surface area contributed by atoms with Crippen LogP contribution in [0.25, 0.3) is 0 Å². The lowest BCUT2D eigenvalue weighted by molar-refractivity contribution is -0.0609. The van der Waals surface area contributed by atoms with Gasteiger partial charge >= 0.3 is 6.18 Å². The maximum atomic E-state index is 12.5. The van der Waals surface area contributed by atoms with Gasteiger partial charge in [-0.1, -0.05) is 11.6 Å². The Balaban J connectivity index is 2.39. The minimum Gasteiger partial charge on any atom is -0.324 e. The fourth-order valence-corrected chi connectivity index (χ4v) is 2.07. The largest absolute Gasteiger partial charge is 0.429 e. The van der Waals surface area contributed by atoms with Crippen LogP contribution in [0, 0.1) is 0 Å². The molecule has 0 aromatic heterocycles. The van der Waals surface area contributed by atoms with Gasteiger partial charge in [-0.05, 0) is 24.5 Å². The molecule has 16 heavy (non-hydrogen) atoms. The molecule has 0 aromatic carbocycles. The first-order valence-corrected chi connectivity index (χ1v) is 5.25. The van der Waals surface area contributed by atoms with E-state index >= 15 is 0 Å². The van der Waals surface area contributed by atoms with Crippen molar-refractivity contribution in [3.63, 3.8) is 0 Å². The number of alkyl halides is 3. The first kappa shape index (κ1) is 11.7. The molecule has 0 amide bonds. The molecule has 0 saturated heterocycles. The van der Waals surface area contributed by atoms with Crippen molar-refractivity contribution < 1.29 is 13.2 Å². The Labute approximate surface area is 95.7 Å². The van der Waals surface area contributed by atoms with E-state index in [-0.39, 0.29) is 6.42 Å². The van der Waals surface area contributed by atoms with E-state index in [1.54, 1.807) is 6.08 Å². The van der Waals surface area contributed by atoms with E-state index in [2.05, 4.69) is 4.99 Å². The van der Waals surface area contributed by atoms with E-state index in [1.807, 2.05) is 0 Å². The summed E-state index contributed by atoms with van der Waals surface area (Å²) in [5, 5.41) is 0.625. The van der Waals surface area contributed by atoms with Crippen LogP contribution in [0.5, 0.6) is 0 Å². The zero-order chi connectivity index (χ0) is 11.9. The average molecular weight is 251 g/mol. The number of nitrogens with zero attached hydrogens (tertiary/aromatic N) is 1. The van der Waals surface area contributed by atoms with Crippen LogP contribution in [0.15, 0.2) is 27.4 Å². The molecule has 1 unspecified atom stereocenters. The second-order valence-corrected chi connectivity index (χ2v) is 4.35. The van der Waals surface area contributed by atoms with Crippen molar-refractivity contribution >= 4 is 17.3 Å². The molecule has 0 radical (unpaired) electrons. The molecule has 2 rings (SSSR count). The van der Waals surface area contributed by atoms with E-state index in [9.17, 15) is 13.2 Å². The lowest BCUT2D eigenvalue weighted by Gasteiger charge is -2.26. The summed E-state index contributed by atoms with van der Waals surface area (Å²) in [6.45, 7) is 0. The summed E-state index contributed by atoms with van der Waals surface area (Å²) in [6.07, 6.45) is -2.06. The monoisotopic (exact) mass is 250 g/mol. The molecule has 1 heterocycles. The summed E-state index contributed by atoms with van der Waals surface area (Å²) in [4.78, 5) is 3.65. The minimum absolute atomic E-state index is 0.275. The van der Waals surface area contributed by atoms with Gasteiger partial charge in [-0.15, -0.1) is 0 Å². The van der Waals surface area contributed by atoms with Crippen molar-refractivity contribution in [3.05, 3.63) is 22.4 Å². The van der Waals surface area contributed by atoms with Crippen LogP contribution >= 0.6 is 11.6 Å². The molecule has 2 N–H and O–H groups in total. The Morgan fingerprint density at radius 1 is 1.38 bits per heavy atom. The molecule has 2 aliphatic rings. The first-order chi connectivity index (χ1) is 7.38. The van der Waals surface area contributed by atoms with E-state index < -0.39 is 17.9 Å². The maximum absolute atomic E-state index is 12.5. The molecule has 6 heteroatoms. The van der Waals surface area contributed by atoms with E-state index in [4.69, 9.17) is 17.3 Å². The summed E-state index contributed by atoms with van der Waals surface area (Å²) in [6, 6.07) is -0.654. The third-order valence-corrected chi connectivity index (χ3v) is 2.95. The zero-order valence-corrected chi connectivity index (χ0v) is 9.07. The normalized spacial score (nSPS) is 26.2. The van der Waals surface area contributed by atoms with E-state index in [0.717, 1.165) is 0 Å². The first-order valence-electron chi connectivity index (χ1n) is 4.87. The number of rotatable bonds is 0. The molecule has 0 bridgehead atoms. The molecule has 0 saturated carbocycles. The summed E-state index contributed by atoms with van der Waals surface area (Å²) in [7, 11) is 0. The molecule has 1 aliphatic carbocycles. The Bertz CT molecular complexity index is 407. The molecule has 88 valence electrons. The summed E-state index contributed by atoms with van der Waals surface area (Å²) in [5.41, 5.74) is 5.98. The number of aliphatic imine (C=N–C) groups is 1. The van der Waals surface area contributed by atoms with Crippen molar-refractivity contribution in [2.45, 2.75) is 31.5 Å². The molecule has 1 atom stereocenters. The molecule has 1 aliphatic heterocycles. The number of hydrogen-bond acceptors (Lipinski definition) is 2. The molecule has 0 spiro atoms. The molecular formula is C10H10ClF3N2. The van der Waals surface area contributed by atoms with Gasteiger partial charge in [0.2, 0.25) is 0 Å². The fraction of sp³-hybridized carbons (Fsp3) is 0.500. The van der Waals surface area contributed by atoms with Crippen LogP contribution < -0.4 is 5.73 Å². The molecular weight excluding hydrogens is 241 g/mol. The lowest BCUT2D eigenvalue weighted by atomic mass is 9.91. The molecule has 0 aromatic rings. The average Bonchev–Trinajstić information content (AvgIpc) is 2.17. The van der Waals surface area contributed by atoms with Gasteiger partial charge in [-0.2, -0.15) is 13.2 Å². The van der Waals surface area contributed by atoms with Gasteiger partial charge < -0.3 is 5.73 Å². The SMILES string of the molecule is NC1CC(C(F)(F)F)=NC2=C1C=C(Cl)CC2. The Morgan fingerprint density at radius 2 is 2.06 bits per heavy atom. The summed E-state index contributed by atoms with van der Waals surface area (Å²) < 4.78 is 37.5. The van der Waals surface area contributed by atoms with Gasteiger partial charge in [0.25, 0.3) is 0 Å². The predicted molar refractivity (Wildman–Crippen MR) is 56.3 cm³/mol. The Morgan fingerprint density at radius 3 is 2.69 bits per heavy atom. The van der Waals surface area contributed by atoms with E-state index in [1.165, 1.54) is 0 Å². The van der Waals surface area contributed by atoms with Gasteiger partial charge in [0.1, 0.15) is 5.71 Å². The quantitative estimate of drug-likeness (QED) is 0.705. The number of halogens is 4. The summed E-state index contributed by atoms with van der Waals surface area (Å²) in [5.74, 6) is 0. The van der Waals surface area contributed by atoms with Crippen LogP contribution in [0.1, 0.15) is 19.3 Å². The van der Waals surface area contributed by atoms with Gasteiger partial charge in [-0.25, -0.2) is 0 Å². The second-order valence-electron chi connectivity index (χ2n) is 3.86. The minimum atomic E-state index is -4.39. The second kappa shape index (κ2) is 3.89. The van der Waals surface area contributed by atoms with Gasteiger partial charge in [-0.3, -0.25) is 4.99 Å². The van der Waals surface area contributed by atoms with Gasteiger partial charge in [0.05, 0.1) is 0 Å². The van der Waals surface area contributed by atoms with Crippen molar-refractivity contribution in [1.29, 1.82) is 0 Å².